The number of benzene rings is 2. The minimum absolute atomic E-state index is 0.216. The van der Waals surface area contributed by atoms with Crippen molar-refractivity contribution in [3.63, 3.8) is 0 Å². The lowest BCUT2D eigenvalue weighted by Gasteiger charge is -2.15. The molecule has 0 unspecified atom stereocenters. The molecule has 0 radical (unpaired) electrons. The van der Waals surface area contributed by atoms with Crippen LogP contribution >= 0.6 is 0 Å². The molecule has 0 spiro atoms. The molecule has 0 saturated carbocycles. The second-order valence-corrected chi connectivity index (χ2v) is 5.82. The molecule has 0 saturated heterocycles. The third-order valence-corrected chi connectivity index (χ3v) is 3.74. The van der Waals surface area contributed by atoms with Crippen molar-refractivity contribution in [1.82, 2.24) is 0 Å². The van der Waals surface area contributed by atoms with Crippen molar-refractivity contribution in [2.24, 2.45) is 5.16 Å². The predicted molar refractivity (Wildman–Crippen MR) is 107 cm³/mol. The fourth-order valence-corrected chi connectivity index (χ4v) is 2.45. The fraction of sp³-hybridized carbons (Fsp3) is 0.286. The fourth-order valence-electron chi connectivity index (χ4n) is 2.45. The smallest absolute Gasteiger partial charge is 0.165 e. The highest BCUT2D eigenvalue weighted by atomic mass is 17.2. The van der Waals surface area contributed by atoms with Gasteiger partial charge < -0.3 is 19.8 Å². The number of anilines is 1. The van der Waals surface area contributed by atoms with Crippen LogP contribution in [0.3, 0.4) is 0 Å². The zero-order valence-electron chi connectivity index (χ0n) is 16.2. The van der Waals surface area contributed by atoms with Gasteiger partial charge in [0, 0.05) is 5.69 Å². The van der Waals surface area contributed by atoms with Crippen molar-refractivity contribution in [2.75, 3.05) is 25.8 Å². The molecule has 144 valence electrons. The van der Waals surface area contributed by atoms with Gasteiger partial charge in [0.2, 0.25) is 0 Å². The summed E-state index contributed by atoms with van der Waals surface area (Å²) in [5.41, 5.74) is 4.07. The van der Waals surface area contributed by atoms with Gasteiger partial charge in [-0.05, 0) is 73.9 Å². The van der Waals surface area contributed by atoms with Crippen LogP contribution in [-0.4, -0.2) is 26.7 Å². The highest BCUT2D eigenvalue weighted by Crippen LogP contribution is 2.26. The van der Waals surface area contributed by atoms with Crippen LogP contribution in [0.2, 0.25) is 0 Å². The lowest BCUT2D eigenvalue weighted by molar-refractivity contribution is -0.199. The van der Waals surface area contributed by atoms with Crippen molar-refractivity contribution in [3.05, 3.63) is 65.2 Å². The van der Waals surface area contributed by atoms with E-state index in [4.69, 9.17) is 14.5 Å². The Hall–Kier alpha value is -2.99. The molecule has 2 rings (SSSR count). The zero-order chi connectivity index (χ0) is 19.5. The second kappa shape index (κ2) is 10.9. The average Bonchev–Trinajstić information content (AvgIpc) is 2.66. The van der Waals surface area contributed by atoms with Gasteiger partial charge in [-0.25, -0.2) is 0 Å². The highest BCUT2D eigenvalue weighted by molar-refractivity contribution is 5.79. The van der Waals surface area contributed by atoms with Crippen LogP contribution in [0.15, 0.2) is 53.7 Å². The number of hydrogen-bond acceptors (Lipinski definition) is 6. The first-order valence-corrected chi connectivity index (χ1v) is 8.69. The maximum absolute atomic E-state index is 5.69. The predicted octanol–water partition coefficient (Wildman–Crippen LogP) is 4.62. The Morgan fingerprint density at radius 2 is 1.74 bits per heavy atom. The lowest BCUT2D eigenvalue weighted by Crippen LogP contribution is -2.11. The van der Waals surface area contributed by atoms with Gasteiger partial charge in [0.15, 0.2) is 12.5 Å². The van der Waals surface area contributed by atoms with Gasteiger partial charge in [0.05, 0.1) is 6.21 Å². The van der Waals surface area contributed by atoms with Crippen LogP contribution < -0.4 is 14.9 Å². The van der Waals surface area contributed by atoms with E-state index in [1.54, 1.807) is 18.3 Å². The number of oxime groups is 1. The van der Waals surface area contributed by atoms with Crippen molar-refractivity contribution in [2.45, 2.75) is 20.8 Å². The molecule has 0 aromatic heterocycles. The summed E-state index contributed by atoms with van der Waals surface area (Å²) in [6.45, 7) is 6.81. The third kappa shape index (κ3) is 6.67. The van der Waals surface area contributed by atoms with E-state index >= 15 is 0 Å². The van der Waals surface area contributed by atoms with Gasteiger partial charge in [0.25, 0.3) is 0 Å². The van der Waals surface area contributed by atoms with E-state index < -0.39 is 0 Å². The van der Waals surface area contributed by atoms with Gasteiger partial charge in [-0.1, -0.05) is 17.3 Å². The molecule has 6 heteroatoms. The molecule has 0 aliphatic carbocycles. The molecule has 0 aliphatic rings. The number of ether oxygens (including phenoxy) is 1. The number of aryl methyl sites for hydroxylation is 2. The summed E-state index contributed by atoms with van der Waals surface area (Å²) < 4.78 is 5.69. The molecule has 0 amide bonds. The lowest BCUT2D eigenvalue weighted by atomic mass is 10.1. The van der Waals surface area contributed by atoms with Crippen LogP contribution in [0.5, 0.6) is 11.5 Å². The number of hydrogen-bond donors (Lipinski definition) is 1. The normalized spacial score (nSPS) is 11.1. The summed E-state index contributed by atoms with van der Waals surface area (Å²) >= 11 is 0. The third-order valence-electron chi connectivity index (χ3n) is 3.74. The van der Waals surface area contributed by atoms with E-state index in [0.717, 1.165) is 28.1 Å². The summed E-state index contributed by atoms with van der Waals surface area (Å²) in [4.78, 5) is 15.2. The number of nitrogens with zero attached hydrogens (tertiary/aromatic N) is 1. The maximum atomic E-state index is 5.69. The van der Waals surface area contributed by atoms with E-state index in [1.807, 2.05) is 57.2 Å². The zero-order valence-corrected chi connectivity index (χ0v) is 16.2. The molecule has 0 atom stereocenters. The van der Waals surface area contributed by atoms with Crippen LogP contribution in [0.4, 0.5) is 5.69 Å². The Kier molecular flexibility index (Phi) is 8.19. The molecule has 2 aromatic carbocycles. The Balaban J connectivity index is 1.83. The minimum atomic E-state index is 0.216. The number of nitrogens with one attached hydrogen (secondary N) is 1. The quantitative estimate of drug-likeness (QED) is 0.165. The van der Waals surface area contributed by atoms with Gasteiger partial charge in [-0.2, -0.15) is 4.89 Å². The van der Waals surface area contributed by atoms with E-state index in [-0.39, 0.29) is 6.73 Å². The van der Waals surface area contributed by atoms with Gasteiger partial charge in [0.1, 0.15) is 19.5 Å². The molecule has 0 bridgehead atoms. The molecule has 0 aliphatic heterocycles. The van der Waals surface area contributed by atoms with Crippen LogP contribution in [0, 0.1) is 13.8 Å². The van der Waals surface area contributed by atoms with Crippen LogP contribution in [0.1, 0.15) is 23.6 Å². The summed E-state index contributed by atoms with van der Waals surface area (Å²) in [5, 5.41) is 6.94. The Labute approximate surface area is 160 Å². The Bertz CT molecular complexity index is 747. The van der Waals surface area contributed by atoms with E-state index in [1.165, 1.54) is 7.11 Å². The molecule has 0 fully saturated rings. The van der Waals surface area contributed by atoms with Gasteiger partial charge in [-0.3, -0.25) is 0 Å². The van der Waals surface area contributed by atoms with Crippen molar-refractivity contribution < 1.29 is 19.3 Å². The standard InChI is InChI=1S/C21H26N2O4/c1-5-6-11-25-20-12-16(2)21(17(3)13-20)22-15-26-27-19-9-7-18(8-10-19)14-23-24-4/h5-10,12-14,22H,11,15H2,1-4H3/b6-5+,23-14?. The molecule has 27 heavy (non-hydrogen) atoms. The molecular formula is C21H26N2O4. The van der Waals surface area contributed by atoms with Crippen molar-refractivity contribution in [3.8, 4) is 11.5 Å². The Morgan fingerprint density at radius 1 is 1.04 bits per heavy atom. The van der Waals surface area contributed by atoms with E-state index in [9.17, 15) is 0 Å². The second-order valence-electron chi connectivity index (χ2n) is 5.82. The molecule has 0 heterocycles. The maximum Gasteiger partial charge on any atom is 0.165 e. The first-order chi connectivity index (χ1) is 13.1. The summed E-state index contributed by atoms with van der Waals surface area (Å²) in [5.74, 6) is 1.45. The Morgan fingerprint density at radius 3 is 2.37 bits per heavy atom. The largest absolute Gasteiger partial charge is 0.490 e. The van der Waals surface area contributed by atoms with Gasteiger partial charge >= 0.3 is 0 Å². The van der Waals surface area contributed by atoms with Gasteiger partial charge in [-0.15, -0.1) is 0 Å². The van der Waals surface area contributed by atoms with E-state index in [0.29, 0.717) is 12.4 Å². The molecule has 6 nitrogen and oxygen atoms in total. The highest BCUT2D eigenvalue weighted by Gasteiger charge is 2.06. The van der Waals surface area contributed by atoms with Crippen molar-refractivity contribution in [1.29, 1.82) is 0 Å². The molecule has 1 N–H and O–H groups in total. The summed E-state index contributed by atoms with van der Waals surface area (Å²) in [7, 11) is 1.50. The van der Waals surface area contributed by atoms with Crippen LogP contribution in [0.25, 0.3) is 0 Å². The van der Waals surface area contributed by atoms with Crippen LogP contribution in [-0.2, 0) is 9.73 Å². The van der Waals surface area contributed by atoms with E-state index in [2.05, 4.69) is 15.3 Å². The summed E-state index contributed by atoms with van der Waals surface area (Å²) in [6, 6.07) is 11.3. The molecular weight excluding hydrogens is 344 g/mol. The monoisotopic (exact) mass is 370 g/mol. The minimum Gasteiger partial charge on any atom is -0.490 e. The average molecular weight is 370 g/mol. The summed E-state index contributed by atoms with van der Waals surface area (Å²) in [6.07, 6.45) is 5.55. The first-order valence-electron chi connectivity index (χ1n) is 8.69. The molecule has 2 aromatic rings. The topological polar surface area (TPSA) is 61.3 Å². The first kappa shape index (κ1) is 20.3. The SMILES string of the molecule is C/C=C/COc1cc(C)c(NCOOc2ccc(C=NOC)cc2)c(C)c1. The number of allylic oxidation sites excluding steroid dienone is 1. The van der Waals surface area contributed by atoms with Crippen molar-refractivity contribution >= 4 is 11.9 Å². The number of rotatable bonds is 10.